The Balaban J connectivity index is 3.40. The number of hydrogen-bond donors (Lipinski definition) is 2. The molecule has 1 aromatic rings. The number of nitrogens with one attached hydrogen (secondary N) is 1. The van der Waals surface area contributed by atoms with Gasteiger partial charge in [0.2, 0.25) is 10.0 Å². The van der Waals surface area contributed by atoms with Crippen LogP contribution in [0.4, 0.5) is 0 Å². The highest BCUT2D eigenvalue weighted by Crippen LogP contribution is 2.33. The van der Waals surface area contributed by atoms with Gasteiger partial charge in [0.15, 0.2) is 0 Å². The number of rotatable bonds is 5. The lowest BCUT2D eigenvalue weighted by Gasteiger charge is -2.17. The number of carboxylic acids is 1. The van der Waals surface area contributed by atoms with Crippen LogP contribution in [0.25, 0.3) is 0 Å². The van der Waals surface area contributed by atoms with Gasteiger partial charge in [0, 0.05) is 5.02 Å². The van der Waals surface area contributed by atoms with Crippen LogP contribution in [0.1, 0.15) is 24.5 Å². The second kappa shape index (κ2) is 6.30. The molecule has 1 rings (SSSR count). The molecule has 0 amide bonds. The molecule has 0 saturated heterocycles. The first-order valence-corrected chi connectivity index (χ1v) is 8.06. The van der Waals surface area contributed by atoms with E-state index in [1.807, 2.05) is 0 Å². The van der Waals surface area contributed by atoms with Crippen molar-refractivity contribution in [1.82, 2.24) is 4.72 Å². The Hall–Kier alpha value is -0.820. The molecule has 112 valence electrons. The Morgan fingerprint density at radius 1 is 1.40 bits per heavy atom. The predicted molar refractivity (Wildman–Crippen MR) is 78.0 cm³/mol. The predicted octanol–water partition coefficient (Wildman–Crippen LogP) is 2.75. The molecule has 0 bridgehead atoms. The second-order valence-electron chi connectivity index (χ2n) is 4.36. The Bertz CT molecular complexity index is 617. The van der Waals surface area contributed by atoms with Crippen LogP contribution in [0, 0.1) is 13.8 Å². The number of benzene rings is 1. The maximum Gasteiger partial charge on any atom is 0.321 e. The van der Waals surface area contributed by atoms with E-state index >= 15 is 0 Å². The minimum Gasteiger partial charge on any atom is -0.480 e. The Morgan fingerprint density at radius 3 is 2.40 bits per heavy atom. The zero-order valence-corrected chi connectivity index (χ0v) is 13.5. The van der Waals surface area contributed by atoms with Crippen LogP contribution < -0.4 is 4.72 Å². The number of aliphatic carboxylic acids is 1. The summed E-state index contributed by atoms with van der Waals surface area (Å²) in [5.41, 5.74) is 0.793. The fourth-order valence-electron chi connectivity index (χ4n) is 1.69. The molecule has 0 spiro atoms. The highest BCUT2D eigenvalue weighted by Gasteiger charge is 2.28. The highest BCUT2D eigenvalue weighted by atomic mass is 35.5. The lowest BCUT2D eigenvalue weighted by Crippen LogP contribution is -2.40. The maximum atomic E-state index is 12.3. The topological polar surface area (TPSA) is 83.5 Å². The van der Waals surface area contributed by atoms with Crippen molar-refractivity contribution in [2.45, 2.75) is 38.1 Å². The fourth-order valence-corrected chi connectivity index (χ4v) is 4.17. The van der Waals surface area contributed by atoms with Gasteiger partial charge in [-0.25, -0.2) is 8.42 Å². The minimum atomic E-state index is -4.07. The summed E-state index contributed by atoms with van der Waals surface area (Å²) >= 11 is 12.0. The number of hydrogen-bond acceptors (Lipinski definition) is 3. The minimum absolute atomic E-state index is 0.0413. The summed E-state index contributed by atoms with van der Waals surface area (Å²) in [7, 11) is -4.07. The van der Waals surface area contributed by atoms with E-state index in [0.717, 1.165) is 0 Å². The third-order valence-corrected chi connectivity index (χ3v) is 5.49. The van der Waals surface area contributed by atoms with E-state index in [4.69, 9.17) is 28.3 Å². The molecule has 0 aliphatic rings. The van der Waals surface area contributed by atoms with Gasteiger partial charge in [-0.05, 0) is 37.5 Å². The smallest absolute Gasteiger partial charge is 0.321 e. The van der Waals surface area contributed by atoms with E-state index in [-0.39, 0.29) is 26.9 Å². The Morgan fingerprint density at radius 2 is 1.95 bits per heavy atom. The maximum absolute atomic E-state index is 12.3. The molecular weight excluding hydrogens is 325 g/mol. The largest absolute Gasteiger partial charge is 0.480 e. The van der Waals surface area contributed by atoms with E-state index < -0.39 is 22.0 Å². The Kier molecular flexibility index (Phi) is 5.43. The van der Waals surface area contributed by atoms with Crippen LogP contribution in [0.3, 0.4) is 0 Å². The van der Waals surface area contributed by atoms with Crippen LogP contribution >= 0.6 is 23.2 Å². The van der Waals surface area contributed by atoms with E-state index in [1.165, 1.54) is 6.92 Å². The van der Waals surface area contributed by atoms with Crippen molar-refractivity contribution in [1.29, 1.82) is 0 Å². The van der Waals surface area contributed by atoms with Crippen molar-refractivity contribution in [2.75, 3.05) is 0 Å². The molecule has 0 aliphatic heterocycles. The summed E-state index contributed by atoms with van der Waals surface area (Å²) in [4.78, 5) is 10.8. The van der Waals surface area contributed by atoms with Gasteiger partial charge in [-0.3, -0.25) is 4.79 Å². The average molecular weight is 340 g/mol. The molecule has 5 nitrogen and oxygen atoms in total. The lowest BCUT2D eigenvalue weighted by atomic mass is 10.2. The molecule has 0 radical (unpaired) electrons. The van der Waals surface area contributed by atoms with Crippen molar-refractivity contribution in [3.8, 4) is 0 Å². The van der Waals surface area contributed by atoms with E-state index in [1.54, 1.807) is 19.9 Å². The zero-order valence-electron chi connectivity index (χ0n) is 11.2. The number of sulfonamides is 1. The molecular formula is C12H15Cl2NO4S. The van der Waals surface area contributed by atoms with E-state index in [2.05, 4.69) is 4.72 Å². The summed E-state index contributed by atoms with van der Waals surface area (Å²) < 4.78 is 26.8. The summed E-state index contributed by atoms with van der Waals surface area (Å²) in [6.45, 7) is 4.71. The first-order valence-electron chi connectivity index (χ1n) is 5.82. The molecule has 1 aromatic carbocycles. The van der Waals surface area contributed by atoms with Crippen LogP contribution in [0.15, 0.2) is 11.0 Å². The Labute approximate surface area is 127 Å². The zero-order chi connectivity index (χ0) is 15.7. The van der Waals surface area contributed by atoms with Gasteiger partial charge in [-0.2, -0.15) is 4.72 Å². The molecule has 0 fully saturated rings. The van der Waals surface area contributed by atoms with Gasteiger partial charge in [-0.1, -0.05) is 30.1 Å². The first-order chi connectivity index (χ1) is 9.11. The third-order valence-electron chi connectivity index (χ3n) is 2.86. The van der Waals surface area contributed by atoms with Gasteiger partial charge in [-0.15, -0.1) is 0 Å². The molecule has 0 aromatic heterocycles. The van der Waals surface area contributed by atoms with Crippen LogP contribution in [0.2, 0.25) is 10.0 Å². The summed E-state index contributed by atoms with van der Waals surface area (Å²) in [5.74, 6) is -1.25. The van der Waals surface area contributed by atoms with Crippen molar-refractivity contribution in [3.63, 3.8) is 0 Å². The van der Waals surface area contributed by atoms with Gasteiger partial charge >= 0.3 is 5.97 Å². The summed E-state index contributed by atoms with van der Waals surface area (Å²) in [6, 6.07) is 0.349. The summed E-state index contributed by atoms with van der Waals surface area (Å²) in [5, 5.41) is 9.25. The van der Waals surface area contributed by atoms with Gasteiger partial charge in [0.05, 0.1) is 5.02 Å². The van der Waals surface area contributed by atoms with Crippen molar-refractivity contribution < 1.29 is 18.3 Å². The molecule has 8 heteroatoms. The van der Waals surface area contributed by atoms with E-state index in [9.17, 15) is 13.2 Å². The first kappa shape index (κ1) is 17.2. The van der Waals surface area contributed by atoms with Crippen LogP contribution in [-0.2, 0) is 14.8 Å². The van der Waals surface area contributed by atoms with Crippen LogP contribution in [0.5, 0.6) is 0 Å². The van der Waals surface area contributed by atoms with Crippen molar-refractivity contribution in [3.05, 3.63) is 27.2 Å². The molecule has 1 atom stereocenters. The number of carboxylic acid groups (broad SMARTS) is 1. The van der Waals surface area contributed by atoms with Crippen molar-refractivity contribution in [2.24, 2.45) is 0 Å². The van der Waals surface area contributed by atoms with Gasteiger partial charge in [0.1, 0.15) is 10.9 Å². The summed E-state index contributed by atoms with van der Waals surface area (Å²) in [6.07, 6.45) is 0.116. The monoisotopic (exact) mass is 339 g/mol. The lowest BCUT2D eigenvalue weighted by molar-refractivity contribution is -0.139. The molecule has 0 unspecified atom stereocenters. The highest BCUT2D eigenvalue weighted by molar-refractivity contribution is 7.89. The molecule has 0 saturated carbocycles. The number of halogens is 2. The van der Waals surface area contributed by atoms with Gasteiger partial charge in [0.25, 0.3) is 0 Å². The number of aryl methyl sites for hydroxylation is 1. The molecule has 0 heterocycles. The van der Waals surface area contributed by atoms with Crippen LogP contribution in [-0.4, -0.2) is 25.5 Å². The van der Waals surface area contributed by atoms with Gasteiger partial charge < -0.3 is 5.11 Å². The number of carbonyl (C=O) groups is 1. The molecule has 20 heavy (non-hydrogen) atoms. The SMILES string of the molecule is CC[C@@H](NS(=O)(=O)c1c(C)c(Cl)cc(C)c1Cl)C(=O)O. The fraction of sp³-hybridized carbons (Fsp3) is 0.417. The molecule has 0 aliphatic carbocycles. The molecule has 2 N–H and O–H groups in total. The average Bonchev–Trinajstić information content (AvgIpc) is 2.33. The quantitative estimate of drug-likeness (QED) is 0.863. The normalized spacial score (nSPS) is 13.2. The second-order valence-corrected chi connectivity index (χ2v) is 6.80. The standard InChI is InChI=1S/C12H15Cl2NO4S/c1-4-9(12(16)17)15-20(18,19)11-7(3)8(13)5-6(2)10(11)14/h5,9,15H,4H2,1-3H3,(H,16,17)/t9-/m1/s1. The van der Waals surface area contributed by atoms with Crippen molar-refractivity contribution >= 4 is 39.2 Å². The van der Waals surface area contributed by atoms with E-state index in [0.29, 0.717) is 5.56 Å². The third kappa shape index (κ3) is 3.44.